The first-order valence-corrected chi connectivity index (χ1v) is 9.65. The van der Waals surface area contributed by atoms with Crippen LogP contribution in [-0.4, -0.2) is 77.7 Å². The third-order valence-corrected chi connectivity index (χ3v) is 5.46. The number of carbonyl (C=O) groups is 2. The lowest BCUT2D eigenvalue weighted by Gasteiger charge is -2.56. The van der Waals surface area contributed by atoms with Crippen LogP contribution in [0.25, 0.3) is 0 Å². The van der Waals surface area contributed by atoms with Crippen molar-refractivity contribution in [1.29, 1.82) is 0 Å². The summed E-state index contributed by atoms with van der Waals surface area (Å²) >= 11 is 0. The number of ether oxygens (including phenoxy) is 1. The van der Waals surface area contributed by atoms with E-state index in [0.29, 0.717) is 6.54 Å². The molecule has 0 unspecified atom stereocenters. The Balaban J connectivity index is 1.83. The maximum atomic E-state index is 13.1. The Morgan fingerprint density at radius 2 is 1.83 bits per heavy atom. The average molecular weight is 397 g/mol. The van der Waals surface area contributed by atoms with Crippen LogP contribution >= 0.6 is 0 Å². The SMILES string of the molecule is COCC(=O)N(C)C[C@H]1[C@H](c2ccccc2)[C@@H](CO)N1C(=O)Cc1ccncc1. The van der Waals surface area contributed by atoms with E-state index in [1.54, 1.807) is 29.2 Å². The van der Waals surface area contributed by atoms with Crippen LogP contribution in [0.2, 0.25) is 0 Å². The van der Waals surface area contributed by atoms with E-state index in [1.807, 2.05) is 42.5 Å². The molecule has 1 N–H and O–H groups in total. The van der Waals surface area contributed by atoms with Crippen molar-refractivity contribution in [3.05, 3.63) is 66.0 Å². The zero-order valence-electron chi connectivity index (χ0n) is 16.8. The van der Waals surface area contributed by atoms with Gasteiger partial charge in [0.1, 0.15) is 6.61 Å². The highest BCUT2D eigenvalue weighted by Gasteiger charge is 2.51. The van der Waals surface area contributed by atoms with Crippen LogP contribution < -0.4 is 0 Å². The van der Waals surface area contributed by atoms with Crippen molar-refractivity contribution in [3.63, 3.8) is 0 Å². The second-order valence-electron chi connectivity index (χ2n) is 7.29. The minimum Gasteiger partial charge on any atom is -0.394 e. The van der Waals surface area contributed by atoms with Crippen molar-refractivity contribution in [3.8, 4) is 0 Å². The first-order valence-electron chi connectivity index (χ1n) is 9.65. The molecule has 3 atom stereocenters. The molecule has 1 aliphatic rings. The summed E-state index contributed by atoms with van der Waals surface area (Å²) in [5.41, 5.74) is 1.92. The van der Waals surface area contributed by atoms with E-state index in [-0.39, 0.29) is 49.5 Å². The highest BCUT2D eigenvalue weighted by atomic mass is 16.5. The van der Waals surface area contributed by atoms with Gasteiger partial charge >= 0.3 is 0 Å². The third-order valence-electron chi connectivity index (χ3n) is 5.46. The van der Waals surface area contributed by atoms with E-state index in [9.17, 15) is 14.7 Å². The van der Waals surface area contributed by atoms with E-state index in [4.69, 9.17) is 4.74 Å². The zero-order chi connectivity index (χ0) is 20.8. The van der Waals surface area contributed by atoms with Gasteiger partial charge in [0.05, 0.1) is 25.1 Å². The van der Waals surface area contributed by atoms with Gasteiger partial charge in [-0.3, -0.25) is 14.6 Å². The number of carbonyl (C=O) groups excluding carboxylic acids is 2. The molecular weight excluding hydrogens is 370 g/mol. The summed E-state index contributed by atoms with van der Waals surface area (Å²) in [5, 5.41) is 10.0. The lowest BCUT2D eigenvalue weighted by molar-refractivity contribution is -0.154. The average Bonchev–Trinajstić information content (AvgIpc) is 2.72. The molecule has 7 heteroatoms. The van der Waals surface area contributed by atoms with Gasteiger partial charge in [0, 0.05) is 39.0 Å². The fraction of sp³-hybridized carbons (Fsp3) is 0.409. The minimum absolute atomic E-state index is 0.00634. The summed E-state index contributed by atoms with van der Waals surface area (Å²) in [6.07, 6.45) is 3.54. The van der Waals surface area contributed by atoms with Crippen LogP contribution in [0, 0.1) is 0 Å². The molecule has 7 nitrogen and oxygen atoms in total. The molecular formula is C22H27N3O4. The number of hydrogen-bond donors (Lipinski definition) is 1. The summed E-state index contributed by atoms with van der Waals surface area (Å²) < 4.78 is 4.95. The fourth-order valence-electron chi connectivity index (χ4n) is 4.02. The van der Waals surface area contributed by atoms with E-state index in [0.717, 1.165) is 11.1 Å². The number of aromatic nitrogens is 1. The molecule has 0 spiro atoms. The van der Waals surface area contributed by atoms with Gasteiger partial charge in [-0.05, 0) is 23.3 Å². The molecule has 2 heterocycles. The van der Waals surface area contributed by atoms with E-state index in [2.05, 4.69) is 4.98 Å². The molecule has 0 radical (unpaired) electrons. The second kappa shape index (κ2) is 9.62. The number of hydrogen-bond acceptors (Lipinski definition) is 5. The summed E-state index contributed by atoms with van der Waals surface area (Å²) in [5.74, 6) is -0.256. The van der Waals surface area contributed by atoms with Crippen LogP contribution in [0.5, 0.6) is 0 Å². The van der Waals surface area contributed by atoms with Gasteiger partial charge < -0.3 is 19.6 Å². The van der Waals surface area contributed by atoms with Gasteiger partial charge in [-0.25, -0.2) is 0 Å². The molecule has 2 amide bonds. The number of aliphatic hydroxyl groups is 1. The van der Waals surface area contributed by atoms with Crippen molar-refractivity contribution < 1.29 is 19.4 Å². The largest absolute Gasteiger partial charge is 0.394 e. The third kappa shape index (κ3) is 4.63. The molecule has 29 heavy (non-hydrogen) atoms. The first-order chi connectivity index (χ1) is 14.1. The predicted molar refractivity (Wildman–Crippen MR) is 108 cm³/mol. The number of amides is 2. The molecule has 1 aliphatic heterocycles. The molecule has 0 bridgehead atoms. The van der Waals surface area contributed by atoms with Crippen LogP contribution in [0.4, 0.5) is 0 Å². The van der Waals surface area contributed by atoms with Gasteiger partial charge in [-0.15, -0.1) is 0 Å². The highest BCUT2D eigenvalue weighted by molar-refractivity contribution is 5.81. The number of benzene rings is 1. The standard InChI is InChI=1S/C22H27N3O4/c1-24(21(28)15-29-2)13-18-22(17-6-4-3-5-7-17)19(14-26)25(18)20(27)12-16-8-10-23-11-9-16/h3-11,18-19,22,26H,12-15H2,1-2H3/t18-,19+,22-/m0/s1. The topological polar surface area (TPSA) is 83.0 Å². The molecule has 1 aromatic heterocycles. The first kappa shape index (κ1) is 21.0. The van der Waals surface area contributed by atoms with Gasteiger partial charge in [-0.2, -0.15) is 0 Å². The maximum Gasteiger partial charge on any atom is 0.248 e. The number of pyridine rings is 1. The molecule has 1 aromatic carbocycles. The van der Waals surface area contributed by atoms with Gasteiger partial charge in [0.25, 0.3) is 0 Å². The molecule has 1 fully saturated rings. The number of likely N-dealkylation sites (N-methyl/N-ethyl adjacent to an activating group) is 1. The molecule has 3 rings (SSSR count). The quantitative estimate of drug-likeness (QED) is 0.721. The van der Waals surface area contributed by atoms with Crippen LogP contribution in [-0.2, 0) is 20.7 Å². The Morgan fingerprint density at radius 1 is 1.14 bits per heavy atom. The number of aliphatic hydroxyl groups excluding tert-OH is 1. The van der Waals surface area contributed by atoms with E-state index >= 15 is 0 Å². The molecule has 1 saturated heterocycles. The Hall–Kier alpha value is -2.77. The van der Waals surface area contributed by atoms with Crippen LogP contribution in [0.15, 0.2) is 54.9 Å². The highest BCUT2D eigenvalue weighted by Crippen LogP contribution is 2.41. The molecule has 0 aliphatic carbocycles. The van der Waals surface area contributed by atoms with Gasteiger partial charge in [-0.1, -0.05) is 30.3 Å². The smallest absolute Gasteiger partial charge is 0.248 e. The predicted octanol–water partition coefficient (Wildman–Crippen LogP) is 1.08. The normalized spacial score (nSPS) is 20.8. The number of rotatable bonds is 8. The minimum atomic E-state index is -0.317. The van der Waals surface area contributed by atoms with Crippen LogP contribution in [0.3, 0.4) is 0 Å². The summed E-state index contributed by atoms with van der Waals surface area (Å²) in [6, 6.07) is 12.9. The fourth-order valence-corrected chi connectivity index (χ4v) is 4.02. The van der Waals surface area contributed by atoms with E-state index < -0.39 is 0 Å². The Bertz CT molecular complexity index is 815. The molecule has 0 saturated carbocycles. The number of methoxy groups -OCH3 is 1. The van der Waals surface area contributed by atoms with E-state index in [1.165, 1.54) is 7.11 Å². The maximum absolute atomic E-state index is 13.1. The summed E-state index contributed by atoms with van der Waals surface area (Å²) in [4.78, 5) is 32.6. The second-order valence-corrected chi connectivity index (χ2v) is 7.29. The van der Waals surface area contributed by atoms with Gasteiger partial charge in [0.15, 0.2) is 0 Å². The van der Waals surface area contributed by atoms with Crippen molar-refractivity contribution in [2.75, 3.05) is 33.9 Å². The van der Waals surface area contributed by atoms with Crippen molar-refractivity contribution >= 4 is 11.8 Å². The zero-order valence-corrected chi connectivity index (χ0v) is 16.8. The van der Waals surface area contributed by atoms with Crippen molar-refractivity contribution in [1.82, 2.24) is 14.8 Å². The Labute approximate surface area is 170 Å². The Kier molecular flexibility index (Phi) is 6.95. The molecule has 154 valence electrons. The number of likely N-dealkylation sites (tertiary alicyclic amines) is 1. The lowest BCUT2D eigenvalue weighted by Crippen LogP contribution is -2.69. The van der Waals surface area contributed by atoms with Crippen molar-refractivity contribution in [2.45, 2.75) is 24.4 Å². The van der Waals surface area contributed by atoms with Crippen LogP contribution in [0.1, 0.15) is 17.0 Å². The van der Waals surface area contributed by atoms with Crippen molar-refractivity contribution in [2.24, 2.45) is 0 Å². The van der Waals surface area contributed by atoms with Gasteiger partial charge in [0.2, 0.25) is 11.8 Å². The molecule has 2 aromatic rings. The Morgan fingerprint density at radius 3 is 2.45 bits per heavy atom. The summed E-state index contributed by atoms with van der Waals surface area (Å²) in [7, 11) is 3.19. The number of nitrogens with zero attached hydrogens (tertiary/aromatic N) is 3. The summed E-state index contributed by atoms with van der Waals surface area (Å²) in [6.45, 7) is 0.238. The monoisotopic (exact) mass is 397 g/mol. The lowest BCUT2D eigenvalue weighted by atomic mass is 9.74.